The first-order valence-corrected chi connectivity index (χ1v) is 8.06. The number of alkyl halides is 3. The highest BCUT2D eigenvalue weighted by Crippen LogP contribution is 2.35. The summed E-state index contributed by atoms with van der Waals surface area (Å²) in [5, 5.41) is 13.5. The quantitative estimate of drug-likeness (QED) is 0.805. The topological polar surface area (TPSA) is 104 Å². The minimum absolute atomic E-state index is 0.0709. The molecule has 0 aliphatic heterocycles. The zero-order chi connectivity index (χ0) is 16.0. The largest absolute Gasteiger partial charge is 0.437 e. The average molecular weight is 337 g/mol. The number of hydrogen-bond acceptors (Lipinski definition) is 7. The molecular formula is C10H10F3N5O3S. The van der Waals surface area contributed by atoms with E-state index in [2.05, 4.69) is 25.2 Å². The molecule has 22 heavy (non-hydrogen) atoms. The summed E-state index contributed by atoms with van der Waals surface area (Å²) in [6.45, 7) is 0. The van der Waals surface area contributed by atoms with Crippen molar-refractivity contribution in [1.82, 2.24) is 25.4 Å². The van der Waals surface area contributed by atoms with Crippen LogP contribution in [0.4, 0.5) is 13.2 Å². The molecule has 1 aliphatic rings. The fraction of sp³-hybridized carbons (Fsp3) is 0.600. The van der Waals surface area contributed by atoms with Crippen LogP contribution >= 0.6 is 0 Å². The average Bonchev–Trinajstić information content (AvgIpc) is 2.94. The van der Waals surface area contributed by atoms with E-state index in [1.807, 2.05) is 0 Å². The van der Waals surface area contributed by atoms with E-state index in [-0.39, 0.29) is 11.9 Å². The van der Waals surface area contributed by atoms with Crippen LogP contribution in [0.25, 0.3) is 0 Å². The van der Waals surface area contributed by atoms with Crippen LogP contribution in [0.15, 0.2) is 10.8 Å². The summed E-state index contributed by atoms with van der Waals surface area (Å²) in [5.74, 6) is -1.27. The predicted molar refractivity (Wildman–Crippen MR) is 63.9 cm³/mol. The number of nitrogens with zero attached hydrogens (tertiary/aromatic N) is 5. The van der Waals surface area contributed by atoms with Gasteiger partial charge in [0.2, 0.25) is 0 Å². The zero-order valence-electron chi connectivity index (χ0n) is 11.0. The second kappa shape index (κ2) is 5.04. The van der Waals surface area contributed by atoms with E-state index in [4.69, 9.17) is 0 Å². The molecule has 1 aliphatic carbocycles. The van der Waals surface area contributed by atoms with Gasteiger partial charge in [-0.05, 0) is 23.3 Å². The van der Waals surface area contributed by atoms with Gasteiger partial charge in [0.15, 0.2) is 21.4 Å². The van der Waals surface area contributed by atoms with Crippen molar-refractivity contribution in [2.75, 3.05) is 0 Å². The molecule has 0 aromatic carbocycles. The third-order valence-corrected chi connectivity index (χ3v) is 4.54. The molecule has 0 spiro atoms. The van der Waals surface area contributed by atoms with Gasteiger partial charge < -0.3 is 4.52 Å². The molecule has 1 fully saturated rings. The van der Waals surface area contributed by atoms with Gasteiger partial charge in [-0.25, -0.2) is 13.1 Å². The predicted octanol–water partition coefficient (Wildman–Crippen LogP) is 1.13. The van der Waals surface area contributed by atoms with E-state index in [0.717, 1.165) is 12.8 Å². The SMILES string of the molecule is O=S(=O)(Cc1conc1C(F)(F)F)Cc1nnnn1C1CC1. The van der Waals surface area contributed by atoms with Crippen molar-refractivity contribution in [2.45, 2.75) is 36.6 Å². The first-order valence-electron chi connectivity index (χ1n) is 6.24. The van der Waals surface area contributed by atoms with E-state index >= 15 is 0 Å². The smallest absolute Gasteiger partial charge is 0.364 e. The number of hydrogen-bond donors (Lipinski definition) is 0. The molecular weight excluding hydrogens is 327 g/mol. The maximum Gasteiger partial charge on any atom is 0.437 e. The molecule has 2 heterocycles. The van der Waals surface area contributed by atoms with Crippen LogP contribution in [0.3, 0.4) is 0 Å². The van der Waals surface area contributed by atoms with Gasteiger partial charge in [-0.3, -0.25) is 0 Å². The van der Waals surface area contributed by atoms with E-state index in [0.29, 0.717) is 6.26 Å². The van der Waals surface area contributed by atoms with Crippen molar-refractivity contribution >= 4 is 9.84 Å². The maximum atomic E-state index is 12.7. The Balaban J connectivity index is 1.79. The van der Waals surface area contributed by atoms with E-state index < -0.39 is 38.8 Å². The molecule has 2 aromatic rings. The summed E-state index contributed by atoms with van der Waals surface area (Å²) in [4.78, 5) is 0. The Hall–Kier alpha value is -1.98. The molecule has 2 aromatic heterocycles. The number of halogens is 3. The fourth-order valence-electron chi connectivity index (χ4n) is 1.99. The number of rotatable bonds is 5. The van der Waals surface area contributed by atoms with Crippen LogP contribution in [0.2, 0.25) is 0 Å². The molecule has 0 saturated heterocycles. The Labute approximate surface area is 122 Å². The maximum absolute atomic E-state index is 12.7. The summed E-state index contributed by atoms with van der Waals surface area (Å²) < 4.78 is 67.8. The number of tetrazole rings is 1. The Kier molecular flexibility index (Phi) is 3.42. The lowest BCUT2D eigenvalue weighted by Gasteiger charge is -2.06. The molecule has 0 radical (unpaired) electrons. The minimum atomic E-state index is -4.77. The van der Waals surface area contributed by atoms with Gasteiger partial charge in [0.1, 0.15) is 12.0 Å². The molecule has 0 N–H and O–H groups in total. The fourth-order valence-corrected chi connectivity index (χ4v) is 3.35. The van der Waals surface area contributed by atoms with Crippen LogP contribution in [-0.4, -0.2) is 33.8 Å². The van der Waals surface area contributed by atoms with Crippen LogP contribution in [-0.2, 0) is 27.5 Å². The highest BCUT2D eigenvalue weighted by atomic mass is 32.2. The molecule has 0 unspecified atom stereocenters. The molecule has 12 heteroatoms. The number of sulfone groups is 1. The van der Waals surface area contributed by atoms with Crippen molar-refractivity contribution in [3.63, 3.8) is 0 Å². The van der Waals surface area contributed by atoms with E-state index in [9.17, 15) is 21.6 Å². The zero-order valence-corrected chi connectivity index (χ0v) is 11.8. The first kappa shape index (κ1) is 14.9. The Bertz CT molecular complexity index is 778. The van der Waals surface area contributed by atoms with Gasteiger partial charge in [0.25, 0.3) is 0 Å². The molecule has 3 rings (SSSR count). The molecule has 0 atom stereocenters. The highest BCUT2D eigenvalue weighted by Gasteiger charge is 2.39. The monoisotopic (exact) mass is 337 g/mol. The second-order valence-corrected chi connectivity index (χ2v) is 7.05. The van der Waals surface area contributed by atoms with Gasteiger partial charge in [0.05, 0.1) is 11.8 Å². The van der Waals surface area contributed by atoms with Gasteiger partial charge in [-0.1, -0.05) is 5.16 Å². The molecule has 1 saturated carbocycles. The minimum Gasteiger partial charge on any atom is -0.364 e. The molecule has 8 nitrogen and oxygen atoms in total. The summed E-state index contributed by atoms with van der Waals surface area (Å²) in [5.41, 5.74) is -1.86. The molecule has 120 valence electrons. The first-order chi connectivity index (χ1) is 10.3. The van der Waals surface area contributed by atoms with Crippen LogP contribution in [0.5, 0.6) is 0 Å². The van der Waals surface area contributed by atoms with Gasteiger partial charge in [-0.2, -0.15) is 13.2 Å². The Morgan fingerprint density at radius 1 is 1.32 bits per heavy atom. The van der Waals surface area contributed by atoms with Gasteiger partial charge in [0, 0.05) is 5.56 Å². The lowest BCUT2D eigenvalue weighted by atomic mass is 10.3. The van der Waals surface area contributed by atoms with Crippen molar-refractivity contribution < 1.29 is 26.1 Å². The van der Waals surface area contributed by atoms with Crippen LogP contribution < -0.4 is 0 Å². The third-order valence-electron chi connectivity index (χ3n) is 3.09. The van der Waals surface area contributed by atoms with Crippen molar-refractivity contribution in [3.05, 3.63) is 23.3 Å². The molecule has 0 amide bonds. The normalized spacial score (nSPS) is 16.1. The van der Waals surface area contributed by atoms with Gasteiger partial charge in [-0.15, -0.1) is 5.10 Å². The van der Waals surface area contributed by atoms with Crippen LogP contribution in [0.1, 0.15) is 36.0 Å². The highest BCUT2D eigenvalue weighted by molar-refractivity contribution is 7.89. The summed E-state index contributed by atoms with van der Waals surface area (Å²) in [6, 6.07) is 0.0709. The Morgan fingerprint density at radius 2 is 2.05 bits per heavy atom. The lowest BCUT2D eigenvalue weighted by Crippen LogP contribution is -2.15. The standard InChI is InChI=1S/C10H10F3N5O3S/c11-10(12,13)9-6(3-21-15-9)4-22(19,20)5-8-14-16-17-18(8)7-1-2-7/h3,7H,1-2,4-5H2. The summed E-state index contributed by atoms with van der Waals surface area (Å²) in [7, 11) is -3.90. The van der Waals surface area contributed by atoms with E-state index in [1.54, 1.807) is 0 Å². The summed E-state index contributed by atoms with van der Waals surface area (Å²) >= 11 is 0. The van der Waals surface area contributed by atoms with E-state index in [1.165, 1.54) is 4.68 Å². The summed E-state index contributed by atoms with van der Waals surface area (Å²) in [6.07, 6.45) is -2.39. The van der Waals surface area contributed by atoms with Crippen molar-refractivity contribution in [1.29, 1.82) is 0 Å². The lowest BCUT2D eigenvalue weighted by molar-refractivity contribution is -0.143. The third kappa shape index (κ3) is 3.10. The molecule has 0 bridgehead atoms. The van der Waals surface area contributed by atoms with Crippen molar-refractivity contribution in [2.24, 2.45) is 0 Å². The van der Waals surface area contributed by atoms with Crippen LogP contribution in [0, 0.1) is 0 Å². The Morgan fingerprint density at radius 3 is 2.68 bits per heavy atom. The van der Waals surface area contributed by atoms with Crippen molar-refractivity contribution in [3.8, 4) is 0 Å². The number of aromatic nitrogens is 5. The second-order valence-electron chi connectivity index (χ2n) is 4.99. The van der Waals surface area contributed by atoms with Gasteiger partial charge >= 0.3 is 6.18 Å².